The number of rotatable bonds is 6. The van der Waals surface area contributed by atoms with Crippen LogP contribution >= 0.6 is 11.8 Å². The highest BCUT2D eigenvalue weighted by atomic mass is 32.2. The molecule has 0 spiro atoms. The molecule has 0 amide bonds. The molecule has 1 aromatic rings. The lowest BCUT2D eigenvalue weighted by Gasteiger charge is -2.19. The second kappa shape index (κ2) is 8.32. The Morgan fingerprint density at radius 3 is 2.27 bits per heavy atom. The first-order valence-electron chi connectivity index (χ1n) is 7.03. The van der Waals surface area contributed by atoms with E-state index in [4.69, 9.17) is 10.5 Å². The van der Waals surface area contributed by atoms with E-state index in [-0.39, 0.29) is 11.0 Å². The van der Waals surface area contributed by atoms with E-state index < -0.39 is 0 Å². The van der Waals surface area contributed by atoms with Gasteiger partial charge in [0.1, 0.15) is 12.1 Å². The smallest absolute Gasteiger partial charge is 0.159 e. The van der Waals surface area contributed by atoms with E-state index in [1.165, 1.54) is 17.3 Å². The third-order valence-electron chi connectivity index (χ3n) is 3.06. The lowest BCUT2D eigenvalue weighted by atomic mass is 9.87. The van der Waals surface area contributed by atoms with E-state index in [1.807, 2.05) is 12.1 Å². The van der Waals surface area contributed by atoms with Gasteiger partial charge >= 0.3 is 0 Å². The first-order chi connectivity index (χ1) is 10.4. The van der Waals surface area contributed by atoms with Crippen LogP contribution in [0.15, 0.2) is 47.5 Å². The average molecular weight is 311 g/mol. The Bertz CT molecular complexity index is 606. The molecule has 22 heavy (non-hydrogen) atoms. The highest BCUT2D eigenvalue weighted by Gasteiger charge is 2.13. The minimum absolute atomic E-state index is 0.109. The van der Waals surface area contributed by atoms with Gasteiger partial charge in [0.2, 0.25) is 0 Å². The quantitative estimate of drug-likeness (QED) is 0.630. The monoisotopic (exact) mass is 311 g/mol. The molecule has 0 fully saturated rings. The summed E-state index contributed by atoms with van der Waals surface area (Å²) in [5, 5.41) is 21.7. The van der Waals surface area contributed by atoms with Crippen LogP contribution in [-0.4, -0.2) is 6.54 Å². The third kappa shape index (κ3) is 5.31. The van der Waals surface area contributed by atoms with Gasteiger partial charge in [0, 0.05) is 12.3 Å². The lowest BCUT2D eigenvalue weighted by molar-refractivity contribution is 0.590. The van der Waals surface area contributed by atoms with Crippen LogP contribution in [-0.2, 0) is 11.2 Å². The molecule has 0 unspecified atom stereocenters. The van der Waals surface area contributed by atoms with Crippen molar-refractivity contribution < 1.29 is 0 Å². The molecule has 114 valence electrons. The maximum Gasteiger partial charge on any atom is 0.159 e. The number of thioether (sulfide) groups is 1. The van der Waals surface area contributed by atoms with Crippen molar-refractivity contribution in [1.29, 1.82) is 10.5 Å². The van der Waals surface area contributed by atoms with Gasteiger partial charge in [-0.2, -0.15) is 10.5 Å². The minimum atomic E-state index is 0.109. The molecule has 0 bridgehead atoms. The van der Waals surface area contributed by atoms with Gasteiger partial charge in [-0.1, -0.05) is 51.1 Å². The van der Waals surface area contributed by atoms with Gasteiger partial charge in [-0.3, -0.25) is 0 Å². The predicted octanol–water partition coefficient (Wildman–Crippen LogP) is 4.25. The summed E-state index contributed by atoms with van der Waals surface area (Å²) in [5.41, 5.74) is 2.69. The van der Waals surface area contributed by atoms with E-state index >= 15 is 0 Å². The summed E-state index contributed by atoms with van der Waals surface area (Å²) in [6.07, 6.45) is 1.70. The average Bonchev–Trinajstić information content (AvgIpc) is 2.50. The Morgan fingerprint density at radius 2 is 1.82 bits per heavy atom. The lowest BCUT2D eigenvalue weighted by Crippen LogP contribution is -2.13. The highest BCUT2D eigenvalue weighted by Crippen LogP contribution is 2.25. The fourth-order valence-corrected chi connectivity index (χ4v) is 2.68. The predicted molar refractivity (Wildman–Crippen MR) is 92.9 cm³/mol. The third-order valence-corrected chi connectivity index (χ3v) is 4.18. The fourth-order valence-electron chi connectivity index (χ4n) is 1.76. The number of hydrogen-bond acceptors (Lipinski definition) is 4. The van der Waals surface area contributed by atoms with Crippen LogP contribution in [0.25, 0.3) is 0 Å². The van der Waals surface area contributed by atoms with Crippen LogP contribution in [0, 0.1) is 22.7 Å². The number of nitriles is 2. The molecule has 0 heterocycles. The van der Waals surface area contributed by atoms with Crippen LogP contribution in [0.5, 0.6) is 0 Å². The Morgan fingerprint density at radius 1 is 1.23 bits per heavy atom. The molecule has 0 aliphatic carbocycles. The van der Waals surface area contributed by atoms with Crippen LogP contribution < -0.4 is 5.32 Å². The van der Waals surface area contributed by atoms with Crippen molar-refractivity contribution in [3.05, 3.63) is 58.6 Å². The van der Waals surface area contributed by atoms with E-state index in [2.05, 4.69) is 56.9 Å². The van der Waals surface area contributed by atoms with Gasteiger partial charge in [0.05, 0.1) is 5.03 Å². The molecule has 1 aromatic carbocycles. The first kappa shape index (κ1) is 17.9. The summed E-state index contributed by atoms with van der Waals surface area (Å²) < 4.78 is 0. The topological polar surface area (TPSA) is 59.6 Å². The Hall–Kier alpha value is -2.17. The number of benzene rings is 1. The van der Waals surface area contributed by atoms with Gasteiger partial charge in [-0.15, -0.1) is 18.3 Å². The van der Waals surface area contributed by atoms with Crippen LogP contribution in [0.3, 0.4) is 0 Å². The maximum atomic E-state index is 9.01. The molecular formula is C18H21N3S. The van der Waals surface area contributed by atoms with Crippen molar-refractivity contribution in [2.24, 2.45) is 0 Å². The molecule has 0 radical (unpaired) electrons. The Labute approximate surface area is 137 Å². The Kier molecular flexibility index (Phi) is 6.76. The van der Waals surface area contributed by atoms with Crippen molar-refractivity contribution in [2.45, 2.75) is 31.9 Å². The molecule has 0 saturated heterocycles. The molecule has 1 rings (SSSR count). The van der Waals surface area contributed by atoms with Gasteiger partial charge in [-0.05, 0) is 16.5 Å². The summed E-state index contributed by atoms with van der Waals surface area (Å²) >= 11 is 1.46. The maximum absolute atomic E-state index is 9.01. The van der Waals surface area contributed by atoms with Crippen LogP contribution in [0.4, 0.5) is 0 Å². The number of nitrogens with zero attached hydrogens (tertiary/aromatic N) is 2. The Balaban J connectivity index is 2.82. The molecule has 4 heteroatoms. The van der Waals surface area contributed by atoms with E-state index in [9.17, 15) is 0 Å². The summed E-state index contributed by atoms with van der Waals surface area (Å²) in [7, 11) is 0. The number of nitrogens with one attached hydrogen (secondary N) is 1. The molecule has 1 N–H and O–H groups in total. The van der Waals surface area contributed by atoms with Crippen molar-refractivity contribution in [1.82, 2.24) is 5.32 Å². The van der Waals surface area contributed by atoms with E-state index in [0.717, 1.165) is 5.56 Å². The van der Waals surface area contributed by atoms with Crippen molar-refractivity contribution in [3.8, 4) is 12.1 Å². The van der Waals surface area contributed by atoms with Gasteiger partial charge < -0.3 is 5.32 Å². The van der Waals surface area contributed by atoms with Crippen molar-refractivity contribution in [2.75, 3.05) is 6.54 Å². The number of allylic oxidation sites excluding steroid dienone is 1. The summed E-state index contributed by atoms with van der Waals surface area (Å²) in [4.78, 5) is 0. The molecule has 3 nitrogen and oxygen atoms in total. The van der Waals surface area contributed by atoms with Gasteiger partial charge in [-0.25, -0.2) is 0 Å². The van der Waals surface area contributed by atoms with Crippen molar-refractivity contribution in [3.63, 3.8) is 0 Å². The molecule has 0 aliphatic heterocycles. The van der Waals surface area contributed by atoms with E-state index in [1.54, 1.807) is 6.08 Å². The van der Waals surface area contributed by atoms with Gasteiger partial charge in [0.15, 0.2) is 5.57 Å². The van der Waals surface area contributed by atoms with Crippen LogP contribution in [0.2, 0.25) is 0 Å². The molecule has 0 aromatic heterocycles. The summed E-state index contributed by atoms with van der Waals surface area (Å²) in [6, 6.07) is 12.3. The molecular weight excluding hydrogens is 290 g/mol. The SMILES string of the molecule is C=CCNC(SCc1ccc(C(C)(C)C)cc1)=C(C#N)C#N. The minimum Gasteiger partial charge on any atom is -0.375 e. The zero-order chi connectivity index (χ0) is 16.6. The normalized spacial score (nSPS) is 10.2. The molecule has 0 saturated carbocycles. The first-order valence-corrected chi connectivity index (χ1v) is 8.02. The fraction of sp³-hybridized carbons (Fsp3) is 0.333. The zero-order valence-electron chi connectivity index (χ0n) is 13.3. The summed E-state index contributed by atoms with van der Waals surface area (Å²) in [6.45, 7) is 10.7. The number of hydrogen-bond donors (Lipinski definition) is 1. The molecule has 0 atom stereocenters. The highest BCUT2D eigenvalue weighted by molar-refractivity contribution is 8.02. The van der Waals surface area contributed by atoms with E-state index in [0.29, 0.717) is 17.3 Å². The van der Waals surface area contributed by atoms with Crippen LogP contribution in [0.1, 0.15) is 31.9 Å². The second-order valence-corrected chi connectivity index (χ2v) is 6.82. The largest absolute Gasteiger partial charge is 0.375 e. The standard InChI is InChI=1S/C18H21N3S/c1-5-10-21-17(15(11-19)12-20)22-13-14-6-8-16(9-7-14)18(2,3)4/h5-9,21H,1,10,13H2,2-4H3. The van der Waals surface area contributed by atoms with Gasteiger partial charge in [0.25, 0.3) is 0 Å². The van der Waals surface area contributed by atoms with Crippen molar-refractivity contribution >= 4 is 11.8 Å². The molecule has 0 aliphatic rings. The zero-order valence-corrected chi connectivity index (χ0v) is 14.1. The summed E-state index contributed by atoms with van der Waals surface area (Å²) in [5.74, 6) is 0.705. The second-order valence-electron chi connectivity index (χ2n) is 5.83.